The number of anilines is 2. The van der Waals surface area contributed by atoms with Gasteiger partial charge in [0.2, 0.25) is 0 Å². The molecule has 1 aromatic heterocycles. The molecule has 1 aromatic carbocycles. The van der Waals surface area contributed by atoms with Crippen LogP contribution in [0.4, 0.5) is 11.6 Å². The molecule has 0 saturated carbocycles. The van der Waals surface area contributed by atoms with Gasteiger partial charge in [-0.3, -0.25) is 0 Å². The molecule has 5 heteroatoms. The normalized spacial score (nSPS) is 10.5. The van der Waals surface area contributed by atoms with Crippen LogP contribution in [0.25, 0.3) is 0 Å². The third kappa shape index (κ3) is 4.16. The minimum atomic E-state index is 0.652. The minimum absolute atomic E-state index is 0.652. The summed E-state index contributed by atoms with van der Waals surface area (Å²) in [7, 11) is 2.03. The highest BCUT2D eigenvalue weighted by molar-refractivity contribution is 5.48. The lowest BCUT2D eigenvalue weighted by molar-refractivity contribution is 0.812. The van der Waals surface area contributed by atoms with E-state index in [4.69, 9.17) is 5.84 Å². The van der Waals surface area contributed by atoms with Crippen LogP contribution in [0.3, 0.4) is 0 Å². The molecule has 112 valence electrons. The van der Waals surface area contributed by atoms with Gasteiger partial charge in [0.25, 0.3) is 0 Å². The molecule has 0 fully saturated rings. The second-order valence-corrected chi connectivity index (χ2v) is 5.26. The standard InChI is InChI=1S/C16H23N5/c1-4-5-14-18-15(20-17)10-16(19-14)21(3)11-13-8-6-12(2)7-9-13/h6-10H,4-5,11,17H2,1-3H3,(H,18,19,20). The number of hydrazine groups is 1. The summed E-state index contributed by atoms with van der Waals surface area (Å²) in [6.07, 6.45) is 1.86. The van der Waals surface area contributed by atoms with Gasteiger partial charge in [-0.2, -0.15) is 0 Å². The molecule has 0 bridgehead atoms. The Kier molecular flexibility index (Phi) is 5.11. The third-order valence-corrected chi connectivity index (χ3v) is 3.31. The molecular weight excluding hydrogens is 262 g/mol. The van der Waals surface area contributed by atoms with Crippen molar-refractivity contribution in [2.45, 2.75) is 33.2 Å². The van der Waals surface area contributed by atoms with E-state index in [1.54, 1.807) is 0 Å². The van der Waals surface area contributed by atoms with Crippen molar-refractivity contribution < 1.29 is 0 Å². The van der Waals surface area contributed by atoms with Crippen molar-refractivity contribution in [1.82, 2.24) is 9.97 Å². The smallest absolute Gasteiger partial charge is 0.145 e. The number of nitrogens with one attached hydrogen (secondary N) is 1. The van der Waals surface area contributed by atoms with Crippen LogP contribution in [-0.2, 0) is 13.0 Å². The zero-order chi connectivity index (χ0) is 15.2. The van der Waals surface area contributed by atoms with Gasteiger partial charge in [0.15, 0.2) is 0 Å². The molecule has 0 aliphatic rings. The van der Waals surface area contributed by atoms with Gasteiger partial charge >= 0.3 is 0 Å². The predicted octanol–water partition coefficient (Wildman–Crippen LogP) is 2.66. The second kappa shape index (κ2) is 7.04. The van der Waals surface area contributed by atoms with Crippen molar-refractivity contribution in [2.75, 3.05) is 17.4 Å². The zero-order valence-electron chi connectivity index (χ0n) is 12.9. The molecule has 0 aliphatic heterocycles. The van der Waals surface area contributed by atoms with Crippen molar-refractivity contribution in [3.63, 3.8) is 0 Å². The van der Waals surface area contributed by atoms with Crippen molar-refractivity contribution in [3.8, 4) is 0 Å². The SMILES string of the molecule is CCCc1nc(NN)cc(N(C)Cc2ccc(C)cc2)n1. The quantitative estimate of drug-likeness (QED) is 0.631. The Bertz CT molecular complexity index is 580. The molecule has 3 N–H and O–H groups in total. The molecule has 0 atom stereocenters. The van der Waals surface area contributed by atoms with E-state index >= 15 is 0 Å². The molecule has 2 aromatic rings. The van der Waals surface area contributed by atoms with Gasteiger partial charge < -0.3 is 10.3 Å². The van der Waals surface area contributed by atoms with Crippen LogP contribution in [0, 0.1) is 6.92 Å². The molecule has 2 rings (SSSR count). The largest absolute Gasteiger partial charge is 0.355 e. The van der Waals surface area contributed by atoms with E-state index in [0.29, 0.717) is 5.82 Å². The van der Waals surface area contributed by atoms with E-state index < -0.39 is 0 Å². The first-order valence-electron chi connectivity index (χ1n) is 7.23. The van der Waals surface area contributed by atoms with E-state index in [1.165, 1.54) is 11.1 Å². The molecule has 0 saturated heterocycles. The van der Waals surface area contributed by atoms with Gasteiger partial charge in [0.05, 0.1) is 0 Å². The monoisotopic (exact) mass is 285 g/mol. The lowest BCUT2D eigenvalue weighted by Gasteiger charge is -2.19. The fraction of sp³-hybridized carbons (Fsp3) is 0.375. The van der Waals surface area contributed by atoms with Crippen LogP contribution < -0.4 is 16.2 Å². The number of benzene rings is 1. The topological polar surface area (TPSA) is 67.1 Å². The maximum absolute atomic E-state index is 5.49. The van der Waals surface area contributed by atoms with Crippen LogP contribution in [-0.4, -0.2) is 17.0 Å². The molecule has 0 radical (unpaired) electrons. The Morgan fingerprint density at radius 3 is 2.52 bits per heavy atom. The Hall–Kier alpha value is -2.14. The highest BCUT2D eigenvalue weighted by Gasteiger charge is 2.08. The first-order chi connectivity index (χ1) is 10.1. The van der Waals surface area contributed by atoms with Gasteiger partial charge in [0.1, 0.15) is 17.5 Å². The summed E-state index contributed by atoms with van der Waals surface area (Å²) in [5.74, 6) is 7.84. The summed E-state index contributed by atoms with van der Waals surface area (Å²) in [4.78, 5) is 11.1. The van der Waals surface area contributed by atoms with Crippen LogP contribution in [0.5, 0.6) is 0 Å². The van der Waals surface area contributed by atoms with Crippen molar-refractivity contribution in [3.05, 3.63) is 47.3 Å². The van der Waals surface area contributed by atoms with E-state index in [0.717, 1.165) is 31.0 Å². The van der Waals surface area contributed by atoms with E-state index in [9.17, 15) is 0 Å². The van der Waals surface area contributed by atoms with E-state index in [-0.39, 0.29) is 0 Å². The molecule has 1 heterocycles. The van der Waals surface area contributed by atoms with Crippen molar-refractivity contribution >= 4 is 11.6 Å². The van der Waals surface area contributed by atoms with Gasteiger partial charge in [-0.1, -0.05) is 36.8 Å². The Morgan fingerprint density at radius 2 is 1.90 bits per heavy atom. The predicted molar refractivity (Wildman–Crippen MR) is 87.1 cm³/mol. The van der Waals surface area contributed by atoms with Gasteiger partial charge in [0, 0.05) is 26.1 Å². The third-order valence-electron chi connectivity index (χ3n) is 3.31. The average molecular weight is 285 g/mol. The summed E-state index contributed by atoms with van der Waals surface area (Å²) in [5.41, 5.74) is 5.13. The summed E-state index contributed by atoms with van der Waals surface area (Å²) in [6, 6.07) is 10.4. The summed E-state index contributed by atoms with van der Waals surface area (Å²) in [6.45, 7) is 5.00. The average Bonchev–Trinajstić information content (AvgIpc) is 2.49. The number of nitrogen functional groups attached to an aromatic ring is 1. The van der Waals surface area contributed by atoms with Crippen LogP contribution >= 0.6 is 0 Å². The highest BCUT2D eigenvalue weighted by atomic mass is 15.3. The molecule has 5 nitrogen and oxygen atoms in total. The molecule has 21 heavy (non-hydrogen) atoms. The van der Waals surface area contributed by atoms with Gasteiger partial charge in [-0.15, -0.1) is 0 Å². The number of aromatic nitrogens is 2. The number of nitrogens with two attached hydrogens (primary N) is 1. The molecule has 0 spiro atoms. The number of nitrogens with zero attached hydrogens (tertiary/aromatic N) is 3. The Labute approximate surface area is 126 Å². The highest BCUT2D eigenvalue weighted by Crippen LogP contribution is 2.17. The fourth-order valence-corrected chi connectivity index (χ4v) is 2.14. The van der Waals surface area contributed by atoms with Crippen LogP contribution in [0.1, 0.15) is 30.3 Å². The number of hydrogen-bond donors (Lipinski definition) is 2. The first kappa shape index (κ1) is 15.3. The fourth-order valence-electron chi connectivity index (χ4n) is 2.14. The number of aryl methyl sites for hydroxylation is 2. The second-order valence-electron chi connectivity index (χ2n) is 5.26. The minimum Gasteiger partial charge on any atom is -0.355 e. The molecule has 0 unspecified atom stereocenters. The summed E-state index contributed by atoms with van der Waals surface area (Å²) in [5, 5.41) is 0. The molecule has 0 aliphatic carbocycles. The lowest BCUT2D eigenvalue weighted by Crippen LogP contribution is -2.20. The summed E-state index contributed by atoms with van der Waals surface area (Å²) >= 11 is 0. The van der Waals surface area contributed by atoms with Crippen LogP contribution in [0.15, 0.2) is 30.3 Å². The maximum Gasteiger partial charge on any atom is 0.145 e. The molecule has 0 amide bonds. The zero-order valence-corrected chi connectivity index (χ0v) is 12.9. The van der Waals surface area contributed by atoms with Gasteiger partial charge in [-0.25, -0.2) is 15.8 Å². The van der Waals surface area contributed by atoms with Crippen molar-refractivity contribution in [2.24, 2.45) is 5.84 Å². The lowest BCUT2D eigenvalue weighted by atomic mass is 10.1. The summed E-state index contributed by atoms with van der Waals surface area (Å²) < 4.78 is 0. The molecular formula is C16H23N5. The van der Waals surface area contributed by atoms with E-state index in [2.05, 4.69) is 58.4 Å². The Balaban J connectivity index is 2.19. The number of hydrogen-bond acceptors (Lipinski definition) is 5. The Morgan fingerprint density at radius 1 is 1.19 bits per heavy atom. The van der Waals surface area contributed by atoms with Crippen molar-refractivity contribution in [1.29, 1.82) is 0 Å². The van der Waals surface area contributed by atoms with Gasteiger partial charge in [-0.05, 0) is 18.9 Å². The first-order valence-corrected chi connectivity index (χ1v) is 7.23. The van der Waals surface area contributed by atoms with Crippen LogP contribution in [0.2, 0.25) is 0 Å². The van der Waals surface area contributed by atoms with E-state index in [1.807, 2.05) is 13.1 Å². The maximum atomic E-state index is 5.49. The number of rotatable bonds is 6.